The van der Waals surface area contributed by atoms with Crippen molar-refractivity contribution in [1.29, 1.82) is 0 Å². The topological polar surface area (TPSA) is 29.5 Å². The van der Waals surface area contributed by atoms with E-state index in [1.165, 1.54) is 0 Å². The van der Waals surface area contributed by atoms with Crippen LogP contribution in [0.3, 0.4) is 0 Å². The molecule has 1 N–H and O–H groups in total. The van der Waals surface area contributed by atoms with Crippen LogP contribution in [0.25, 0.3) is 0 Å². The molecule has 0 spiro atoms. The number of benzene rings is 1. The van der Waals surface area contributed by atoms with Crippen LogP contribution in [-0.4, -0.2) is 18.8 Å². The second-order valence-corrected chi connectivity index (χ2v) is 3.27. The Bertz CT molecular complexity index is 246. The fourth-order valence-corrected chi connectivity index (χ4v) is 1.37. The van der Waals surface area contributed by atoms with Gasteiger partial charge in [0.2, 0.25) is 0 Å². The van der Waals surface area contributed by atoms with Gasteiger partial charge >= 0.3 is 0 Å². The number of rotatable bonds is 4. The molecule has 0 amide bonds. The lowest BCUT2D eigenvalue weighted by Crippen LogP contribution is -2.25. The Balaban J connectivity index is 2.89. The molecule has 0 aliphatic rings. The SMILES string of the molecule is CO[C@@](C)(CCO)c1ccccc1. The largest absolute Gasteiger partial charge is 0.396 e. The fraction of sp³-hybridized carbons (Fsp3) is 0.455. The van der Waals surface area contributed by atoms with Crippen LogP contribution in [0.1, 0.15) is 18.9 Å². The molecule has 0 fully saturated rings. The summed E-state index contributed by atoms with van der Waals surface area (Å²) in [4.78, 5) is 0. The predicted molar refractivity (Wildman–Crippen MR) is 52.5 cm³/mol. The van der Waals surface area contributed by atoms with Crippen LogP contribution < -0.4 is 0 Å². The van der Waals surface area contributed by atoms with Gasteiger partial charge in [-0.1, -0.05) is 30.3 Å². The summed E-state index contributed by atoms with van der Waals surface area (Å²) < 4.78 is 5.40. The maximum atomic E-state index is 8.91. The molecule has 1 atom stereocenters. The normalized spacial score (nSPS) is 15.3. The maximum Gasteiger partial charge on any atom is 0.0921 e. The minimum absolute atomic E-state index is 0.138. The highest BCUT2D eigenvalue weighted by Crippen LogP contribution is 2.27. The van der Waals surface area contributed by atoms with Gasteiger partial charge in [-0.2, -0.15) is 0 Å². The highest BCUT2D eigenvalue weighted by molar-refractivity contribution is 5.21. The van der Waals surface area contributed by atoms with Crippen molar-refractivity contribution in [2.45, 2.75) is 18.9 Å². The van der Waals surface area contributed by atoms with E-state index in [1.807, 2.05) is 37.3 Å². The van der Waals surface area contributed by atoms with Gasteiger partial charge in [0.05, 0.1) is 5.60 Å². The van der Waals surface area contributed by atoms with Gasteiger partial charge in [0.25, 0.3) is 0 Å². The van der Waals surface area contributed by atoms with Crippen molar-refractivity contribution in [3.8, 4) is 0 Å². The first kappa shape index (κ1) is 10.2. The molecule has 0 aliphatic carbocycles. The van der Waals surface area contributed by atoms with Crippen molar-refractivity contribution in [2.24, 2.45) is 0 Å². The molecule has 0 unspecified atom stereocenters. The molecule has 0 aromatic heterocycles. The summed E-state index contributed by atoms with van der Waals surface area (Å²) in [6, 6.07) is 9.95. The summed E-state index contributed by atoms with van der Waals surface area (Å²) >= 11 is 0. The molecular weight excluding hydrogens is 164 g/mol. The van der Waals surface area contributed by atoms with Gasteiger partial charge in [-0.3, -0.25) is 0 Å². The van der Waals surface area contributed by atoms with Gasteiger partial charge in [0.15, 0.2) is 0 Å². The van der Waals surface area contributed by atoms with E-state index in [9.17, 15) is 0 Å². The van der Waals surface area contributed by atoms with Crippen LogP contribution in [0, 0.1) is 0 Å². The maximum absolute atomic E-state index is 8.91. The van der Waals surface area contributed by atoms with E-state index in [-0.39, 0.29) is 12.2 Å². The van der Waals surface area contributed by atoms with Crippen LogP contribution in [0.15, 0.2) is 30.3 Å². The van der Waals surface area contributed by atoms with Gasteiger partial charge in [0, 0.05) is 20.1 Å². The molecule has 1 aromatic carbocycles. The lowest BCUT2D eigenvalue weighted by atomic mass is 9.93. The third-order valence-electron chi connectivity index (χ3n) is 2.42. The first-order valence-corrected chi connectivity index (χ1v) is 4.44. The van der Waals surface area contributed by atoms with E-state index in [1.54, 1.807) is 7.11 Å². The Kier molecular flexibility index (Phi) is 3.46. The van der Waals surface area contributed by atoms with E-state index in [4.69, 9.17) is 9.84 Å². The van der Waals surface area contributed by atoms with Crippen molar-refractivity contribution in [2.75, 3.05) is 13.7 Å². The van der Waals surface area contributed by atoms with Crippen molar-refractivity contribution in [1.82, 2.24) is 0 Å². The highest BCUT2D eigenvalue weighted by Gasteiger charge is 2.24. The molecule has 0 heterocycles. The third-order valence-corrected chi connectivity index (χ3v) is 2.42. The number of aliphatic hydroxyl groups is 1. The molecule has 0 saturated heterocycles. The van der Waals surface area contributed by atoms with Crippen molar-refractivity contribution in [3.05, 3.63) is 35.9 Å². The zero-order valence-electron chi connectivity index (χ0n) is 8.16. The van der Waals surface area contributed by atoms with Crippen LogP contribution in [-0.2, 0) is 10.3 Å². The lowest BCUT2D eigenvalue weighted by Gasteiger charge is -2.27. The summed E-state index contributed by atoms with van der Waals surface area (Å²) in [5.41, 5.74) is 0.738. The molecule has 13 heavy (non-hydrogen) atoms. The summed E-state index contributed by atoms with van der Waals surface area (Å²) in [6.07, 6.45) is 0.619. The Morgan fingerprint density at radius 3 is 2.38 bits per heavy atom. The Hall–Kier alpha value is -0.860. The molecule has 0 aliphatic heterocycles. The quantitative estimate of drug-likeness (QED) is 0.767. The van der Waals surface area contributed by atoms with Crippen molar-refractivity contribution in [3.63, 3.8) is 0 Å². The van der Waals surface area contributed by atoms with Crippen molar-refractivity contribution >= 4 is 0 Å². The van der Waals surface area contributed by atoms with E-state index in [0.717, 1.165) is 5.56 Å². The molecule has 2 nitrogen and oxygen atoms in total. The molecule has 0 saturated carbocycles. The zero-order chi connectivity index (χ0) is 9.73. The Morgan fingerprint density at radius 2 is 1.92 bits per heavy atom. The third kappa shape index (κ3) is 2.29. The monoisotopic (exact) mass is 180 g/mol. The van der Waals surface area contributed by atoms with Gasteiger partial charge in [-0.25, -0.2) is 0 Å². The summed E-state index contributed by atoms with van der Waals surface area (Å²) in [5, 5.41) is 8.91. The van der Waals surface area contributed by atoms with E-state index < -0.39 is 0 Å². The van der Waals surface area contributed by atoms with Crippen LogP contribution in [0.2, 0.25) is 0 Å². The van der Waals surface area contributed by atoms with Crippen LogP contribution in [0.5, 0.6) is 0 Å². The summed E-state index contributed by atoms with van der Waals surface area (Å²) in [7, 11) is 1.67. The molecule has 0 radical (unpaired) electrons. The summed E-state index contributed by atoms with van der Waals surface area (Å²) in [5.74, 6) is 0. The minimum atomic E-state index is -0.365. The molecule has 1 aromatic rings. The smallest absolute Gasteiger partial charge is 0.0921 e. The Morgan fingerprint density at radius 1 is 1.31 bits per heavy atom. The average Bonchev–Trinajstić information content (AvgIpc) is 2.19. The van der Waals surface area contributed by atoms with Crippen LogP contribution >= 0.6 is 0 Å². The first-order valence-electron chi connectivity index (χ1n) is 4.44. The lowest BCUT2D eigenvalue weighted by molar-refractivity contribution is -0.0173. The van der Waals surface area contributed by atoms with Crippen LogP contribution in [0.4, 0.5) is 0 Å². The number of hydrogen-bond donors (Lipinski definition) is 1. The van der Waals surface area contributed by atoms with Gasteiger partial charge in [-0.15, -0.1) is 0 Å². The second-order valence-electron chi connectivity index (χ2n) is 3.27. The summed E-state index contributed by atoms with van der Waals surface area (Å²) in [6.45, 7) is 2.12. The van der Waals surface area contributed by atoms with E-state index in [0.29, 0.717) is 6.42 Å². The number of ether oxygens (including phenoxy) is 1. The van der Waals surface area contributed by atoms with Gasteiger partial charge < -0.3 is 9.84 Å². The van der Waals surface area contributed by atoms with E-state index in [2.05, 4.69) is 0 Å². The average molecular weight is 180 g/mol. The predicted octanol–water partition coefficient (Wildman–Crippen LogP) is 1.93. The standard InChI is InChI=1S/C11H16O2/c1-11(13-2,8-9-12)10-6-4-3-5-7-10/h3-7,12H,8-9H2,1-2H3/t11-/m0/s1. The number of hydrogen-bond acceptors (Lipinski definition) is 2. The molecule has 2 heteroatoms. The number of aliphatic hydroxyl groups excluding tert-OH is 1. The molecular formula is C11H16O2. The minimum Gasteiger partial charge on any atom is -0.396 e. The fourth-order valence-electron chi connectivity index (χ4n) is 1.37. The zero-order valence-corrected chi connectivity index (χ0v) is 8.16. The molecule has 72 valence electrons. The molecule has 1 rings (SSSR count). The van der Waals surface area contributed by atoms with Gasteiger partial charge in [0.1, 0.15) is 0 Å². The number of methoxy groups -OCH3 is 1. The highest BCUT2D eigenvalue weighted by atomic mass is 16.5. The second kappa shape index (κ2) is 4.40. The Labute approximate surface area is 79.2 Å². The molecule has 0 bridgehead atoms. The first-order chi connectivity index (χ1) is 6.23. The van der Waals surface area contributed by atoms with Crippen molar-refractivity contribution < 1.29 is 9.84 Å². The van der Waals surface area contributed by atoms with Gasteiger partial charge in [-0.05, 0) is 12.5 Å². The van der Waals surface area contributed by atoms with E-state index >= 15 is 0 Å².